The van der Waals surface area contributed by atoms with Crippen molar-refractivity contribution in [1.29, 1.82) is 0 Å². The zero-order valence-electron chi connectivity index (χ0n) is 22.1. The van der Waals surface area contributed by atoms with Gasteiger partial charge in [-0.3, -0.25) is 9.79 Å². The van der Waals surface area contributed by atoms with Crippen molar-refractivity contribution in [1.82, 2.24) is 20.6 Å². The van der Waals surface area contributed by atoms with E-state index in [0.29, 0.717) is 19.0 Å². The number of amides is 1. The van der Waals surface area contributed by atoms with Crippen LogP contribution in [0.2, 0.25) is 0 Å². The Morgan fingerprint density at radius 1 is 1.03 bits per heavy atom. The summed E-state index contributed by atoms with van der Waals surface area (Å²) >= 11 is 0. The van der Waals surface area contributed by atoms with E-state index in [4.69, 9.17) is 14.5 Å². The average molecular weight is 556 g/mol. The van der Waals surface area contributed by atoms with Crippen LogP contribution in [-0.4, -0.2) is 73.3 Å². The summed E-state index contributed by atoms with van der Waals surface area (Å²) in [5, 5.41) is 11.3. The molecular weight excluding hydrogens is 515 g/mol. The van der Waals surface area contributed by atoms with Crippen LogP contribution in [-0.2, 0) is 9.47 Å². The highest BCUT2D eigenvalue weighted by Gasteiger charge is 2.30. The molecule has 0 unspecified atom stereocenters. The Bertz CT molecular complexity index is 1080. The molecule has 1 saturated carbocycles. The van der Waals surface area contributed by atoms with Crippen molar-refractivity contribution in [3.8, 4) is 0 Å². The number of ether oxygens (including phenoxy) is 2. The highest BCUT2D eigenvalue weighted by Crippen LogP contribution is 2.27. The summed E-state index contributed by atoms with van der Waals surface area (Å²) in [5.41, 5.74) is 1.16. The molecule has 1 aliphatic heterocycles. The molecule has 0 bridgehead atoms. The second-order valence-corrected chi connectivity index (χ2v) is 10.0. The lowest BCUT2D eigenvalue weighted by Crippen LogP contribution is -2.53. The highest BCUT2D eigenvalue weighted by molar-refractivity contribution is 5.97. The van der Waals surface area contributed by atoms with Gasteiger partial charge in [0.05, 0.1) is 30.1 Å². The minimum absolute atomic E-state index is 0. The van der Waals surface area contributed by atoms with E-state index in [2.05, 4.69) is 32.0 Å². The Morgan fingerprint density at radius 2 is 1.70 bits per heavy atom. The molecule has 2 aromatic rings. The number of fused-ring (bicyclic) bond motifs is 1. The van der Waals surface area contributed by atoms with Crippen molar-refractivity contribution in [2.24, 2.45) is 4.99 Å². The standard InChI is InChI=1S/C26H38N6O3.2ClH/c1-17-11-12-19-18(14-17)23(30-21-9-6-5-8-20(21)28-22-10-7-13-27-22)31-24(29-19)25(33)32-26(2,15-34-3)16-35-4;;/h11-12,14,20-21H,5-10,13,15-16H2,1-4H3,(H,27,28)(H,32,33)(H,29,30,31);2*1H/t20-,21+;;/m1../s1. The second-order valence-electron chi connectivity index (χ2n) is 10.0. The molecule has 2 atom stereocenters. The van der Waals surface area contributed by atoms with Gasteiger partial charge in [0.2, 0.25) is 5.82 Å². The number of carbonyl (C=O) groups excluding carboxylic acids is 1. The van der Waals surface area contributed by atoms with Crippen LogP contribution in [0.4, 0.5) is 5.82 Å². The fourth-order valence-corrected chi connectivity index (χ4v) is 5.06. The van der Waals surface area contributed by atoms with Gasteiger partial charge >= 0.3 is 0 Å². The number of nitrogens with one attached hydrogen (secondary N) is 3. The van der Waals surface area contributed by atoms with Gasteiger partial charge in [0.15, 0.2) is 0 Å². The number of nitrogens with zero attached hydrogens (tertiary/aromatic N) is 3. The van der Waals surface area contributed by atoms with E-state index in [1.165, 1.54) is 6.42 Å². The minimum atomic E-state index is -0.694. The summed E-state index contributed by atoms with van der Waals surface area (Å²) in [6, 6.07) is 6.49. The van der Waals surface area contributed by atoms with Crippen LogP contribution in [0.25, 0.3) is 10.9 Å². The van der Waals surface area contributed by atoms with Crippen molar-refractivity contribution in [2.75, 3.05) is 39.3 Å². The molecule has 206 valence electrons. The summed E-state index contributed by atoms with van der Waals surface area (Å²) in [4.78, 5) is 27.2. The third-order valence-corrected chi connectivity index (χ3v) is 6.71. The lowest BCUT2D eigenvalue weighted by Gasteiger charge is -2.34. The van der Waals surface area contributed by atoms with Crippen LogP contribution >= 0.6 is 24.8 Å². The van der Waals surface area contributed by atoms with Gasteiger partial charge in [-0.05, 0) is 45.2 Å². The molecule has 1 amide bonds. The molecule has 1 aromatic heterocycles. The molecule has 0 saturated heterocycles. The smallest absolute Gasteiger partial charge is 0.289 e. The molecule has 1 aromatic carbocycles. The number of halogens is 2. The van der Waals surface area contributed by atoms with Gasteiger partial charge in [-0.25, -0.2) is 9.97 Å². The van der Waals surface area contributed by atoms with Crippen LogP contribution < -0.4 is 16.0 Å². The van der Waals surface area contributed by atoms with Crippen LogP contribution in [0, 0.1) is 6.92 Å². The molecule has 9 nitrogen and oxygen atoms in total. The van der Waals surface area contributed by atoms with Gasteiger partial charge in [0.25, 0.3) is 5.91 Å². The van der Waals surface area contributed by atoms with Crippen LogP contribution in [0.3, 0.4) is 0 Å². The Morgan fingerprint density at radius 3 is 2.32 bits per heavy atom. The van der Waals surface area contributed by atoms with Crippen LogP contribution in [0.5, 0.6) is 0 Å². The van der Waals surface area contributed by atoms with Crippen LogP contribution in [0.1, 0.15) is 61.6 Å². The Labute approximate surface area is 231 Å². The summed E-state index contributed by atoms with van der Waals surface area (Å²) in [6.45, 7) is 5.46. The maximum absolute atomic E-state index is 13.3. The molecule has 1 fully saturated rings. The first-order valence-corrected chi connectivity index (χ1v) is 12.6. The molecule has 0 radical (unpaired) electrons. The quantitative estimate of drug-likeness (QED) is 0.428. The third-order valence-electron chi connectivity index (χ3n) is 6.71. The number of aromatic nitrogens is 2. The third kappa shape index (κ3) is 7.89. The normalized spacial score (nSPS) is 19.4. The number of hydrogen-bond donors (Lipinski definition) is 3. The number of carbonyl (C=O) groups is 1. The lowest BCUT2D eigenvalue weighted by molar-refractivity contribution is 0.0453. The minimum Gasteiger partial charge on any atom is -0.382 e. The zero-order valence-corrected chi connectivity index (χ0v) is 23.8. The van der Waals surface area contributed by atoms with Crippen LogP contribution in [0.15, 0.2) is 23.2 Å². The van der Waals surface area contributed by atoms with Gasteiger partial charge in [-0.1, -0.05) is 24.5 Å². The molecule has 1 aliphatic carbocycles. The summed E-state index contributed by atoms with van der Waals surface area (Å²) in [6.07, 6.45) is 6.60. The zero-order chi connectivity index (χ0) is 24.8. The Balaban J connectivity index is 0.00000241. The number of amidine groups is 1. The summed E-state index contributed by atoms with van der Waals surface area (Å²) in [7, 11) is 3.20. The van der Waals surface area contributed by atoms with Gasteiger partial charge in [0.1, 0.15) is 5.82 Å². The molecule has 4 rings (SSSR count). The number of benzene rings is 1. The second kappa shape index (κ2) is 14.1. The van der Waals surface area contributed by atoms with E-state index < -0.39 is 5.54 Å². The Kier molecular flexibility index (Phi) is 11.8. The van der Waals surface area contributed by atoms with E-state index in [0.717, 1.165) is 61.0 Å². The van der Waals surface area contributed by atoms with E-state index in [-0.39, 0.29) is 48.6 Å². The highest BCUT2D eigenvalue weighted by atomic mass is 35.5. The van der Waals surface area contributed by atoms with Crippen molar-refractivity contribution in [3.63, 3.8) is 0 Å². The molecule has 3 N–H and O–H groups in total. The van der Waals surface area contributed by atoms with E-state index in [9.17, 15) is 4.79 Å². The SMILES string of the molecule is COCC(C)(COC)NC(=O)c1nc(N[C@H]2CCCC[C@H]2NC2=NCCC2)c2cc(C)ccc2n1.Cl.Cl. The number of hydrogen-bond acceptors (Lipinski definition) is 8. The van der Waals surface area contributed by atoms with Gasteiger partial charge in [-0.15, -0.1) is 24.8 Å². The Hall–Kier alpha value is -2.20. The maximum atomic E-state index is 13.3. The predicted octanol–water partition coefficient (Wildman–Crippen LogP) is 4.07. The number of rotatable bonds is 9. The van der Waals surface area contributed by atoms with Crippen molar-refractivity contribution in [3.05, 3.63) is 29.6 Å². The van der Waals surface area contributed by atoms with Gasteiger partial charge < -0.3 is 25.4 Å². The largest absolute Gasteiger partial charge is 0.382 e. The maximum Gasteiger partial charge on any atom is 0.289 e. The lowest BCUT2D eigenvalue weighted by atomic mass is 9.90. The molecule has 2 heterocycles. The molecule has 2 aliphatic rings. The van der Waals surface area contributed by atoms with Crippen molar-refractivity contribution >= 4 is 53.3 Å². The fourth-order valence-electron chi connectivity index (χ4n) is 5.06. The fraction of sp³-hybridized carbons (Fsp3) is 0.615. The number of aryl methyl sites for hydroxylation is 1. The number of methoxy groups -OCH3 is 2. The molecular formula is C26H40Cl2N6O3. The number of anilines is 1. The van der Waals surface area contributed by atoms with E-state index >= 15 is 0 Å². The monoisotopic (exact) mass is 554 g/mol. The molecule has 11 heteroatoms. The van der Waals surface area contributed by atoms with Crippen molar-refractivity contribution in [2.45, 2.75) is 70.0 Å². The van der Waals surface area contributed by atoms with E-state index in [1.54, 1.807) is 14.2 Å². The first kappa shape index (κ1) is 31.0. The average Bonchev–Trinajstić information content (AvgIpc) is 3.34. The van der Waals surface area contributed by atoms with Gasteiger partial charge in [-0.2, -0.15) is 0 Å². The molecule has 37 heavy (non-hydrogen) atoms. The van der Waals surface area contributed by atoms with Crippen molar-refractivity contribution < 1.29 is 14.3 Å². The van der Waals surface area contributed by atoms with E-state index in [1.807, 2.05) is 26.0 Å². The first-order valence-electron chi connectivity index (χ1n) is 12.6. The summed E-state index contributed by atoms with van der Waals surface area (Å²) in [5.74, 6) is 1.58. The number of aliphatic imine (C=N–C) groups is 1. The topological polar surface area (TPSA) is 110 Å². The summed E-state index contributed by atoms with van der Waals surface area (Å²) < 4.78 is 10.6. The van der Waals surface area contributed by atoms with Gasteiger partial charge in [0, 0.05) is 44.7 Å². The molecule has 0 spiro atoms. The predicted molar refractivity (Wildman–Crippen MR) is 153 cm³/mol. The first-order chi connectivity index (χ1) is 16.9.